The van der Waals surface area contributed by atoms with Crippen molar-refractivity contribution in [2.24, 2.45) is 0 Å². The van der Waals surface area contributed by atoms with Crippen molar-refractivity contribution in [1.82, 2.24) is 15.2 Å². The van der Waals surface area contributed by atoms with Gasteiger partial charge in [-0.3, -0.25) is 10.1 Å². The summed E-state index contributed by atoms with van der Waals surface area (Å²) < 4.78 is 5.33. The van der Waals surface area contributed by atoms with Gasteiger partial charge in [0.2, 0.25) is 5.95 Å². The molecule has 0 aliphatic heterocycles. The van der Waals surface area contributed by atoms with Gasteiger partial charge in [0.15, 0.2) is 0 Å². The second-order valence-electron chi connectivity index (χ2n) is 3.66. The molecule has 98 valence electrons. The van der Waals surface area contributed by atoms with Crippen LogP contribution in [-0.2, 0) is 4.79 Å². The normalized spacial score (nSPS) is 10.6. The molecule has 2 aromatic rings. The van der Waals surface area contributed by atoms with Crippen molar-refractivity contribution in [2.75, 3.05) is 11.9 Å². The first-order valence-corrected chi connectivity index (χ1v) is 5.85. The van der Waals surface area contributed by atoms with E-state index in [1.54, 1.807) is 6.08 Å². The van der Waals surface area contributed by atoms with E-state index in [9.17, 15) is 4.79 Å². The summed E-state index contributed by atoms with van der Waals surface area (Å²) >= 11 is 0. The Kier molecular flexibility index (Phi) is 4.28. The molecule has 1 heterocycles. The largest absolute Gasteiger partial charge is 0.494 e. The van der Waals surface area contributed by atoms with Crippen molar-refractivity contribution < 1.29 is 9.53 Å². The molecule has 2 N–H and O–H groups in total. The van der Waals surface area contributed by atoms with E-state index in [0.717, 1.165) is 11.3 Å². The highest BCUT2D eigenvalue weighted by Crippen LogP contribution is 2.13. The average Bonchev–Trinajstić information content (AvgIpc) is 2.91. The summed E-state index contributed by atoms with van der Waals surface area (Å²) in [6.45, 7) is 2.57. The molecular formula is C13H14N4O2. The number of aromatic nitrogens is 3. The van der Waals surface area contributed by atoms with Crippen molar-refractivity contribution in [3.8, 4) is 5.75 Å². The summed E-state index contributed by atoms with van der Waals surface area (Å²) in [5, 5.41) is 8.72. The SMILES string of the molecule is CCOc1ccc(/C=C/C(=O)Nc2ncn[nH]2)cc1. The molecule has 0 unspecified atom stereocenters. The molecule has 0 radical (unpaired) electrons. The number of hydrogen-bond acceptors (Lipinski definition) is 4. The van der Waals surface area contributed by atoms with Gasteiger partial charge in [-0.15, -0.1) is 0 Å². The summed E-state index contributed by atoms with van der Waals surface area (Å²) in [4.78, 5) is 15.3. The van der Waals surface area contributed by atoms with E-state index in [1.165, 1.54) is 12.4 Å². The third-order valence-corrected chi connectivity index (χ3v) is 2.27. The van der Waals surface area contributed by atoms with Crippen LogP contribution in [0.25, 0.3) is 6.08 Å². The quantitative estimate of drug-likeness (QED) is 0.802. The topological polar surface area (TPSA) is 79.9 Å². The van der Waals surface area contributed by atoms with Gasteiger partial charge in [0.05, 0.1) is 6.61 Å². The van der Waals surface area contributed by atoms with Crippen molar-refractivity contribution >= 4 is 17.9 Å². The van der Waals surface area contributed by atoms with Gasteiger partial charge in [-0.05, 0) is 30.7 Å². The maximum absolute atomic E-state index is 11.5. The van der Waals surface area contributed by atoms with E-state index in [4.69, 9.17) is 4.74 Å². The first-order chi connectivity index (χ1) is 9.28. The van der Waals surface area contributed by atoms with E-state index >= 15 is 0 Å². The molecule has 19 heavy (non-hydrogen) atoms. The van der Waals surface area contributed by atoms with E-state index < -0.39 is 0 Å². The summed E-state index contributed by atoms with van der Waals surface area (Å²) in [6, 6.07) is 7.47. The monoisotopic (exact) mass is 258 g/mol. The molecule has 0 saturated heterocycles. The van der Waals surface area contributed by atoms with Crippen LogP contribution in [0.5, 0.6) is 5.75 Å². The number of ether oxygens (including phenoxy) is 1. The first kappa shape index (κ1) is 12.8. The Labute approximate surface area is 110 Å². The Balaban J connectivity index is 1.92. The van der Waals surface area contributed by atoms with Gasteiger partial charge in [-0.1, -0.05) is 12.1 Å². The van der Waals surface area contributed by atoms with E-state index in [1.807, 2.05) is 31.2 Å². The van der Waals surface area contributed by atoms with Gasteiger partial charge in [-0.25, -0.2) is 5.10 Å². The van der Waals surface area contributed by atoms with Gasteiger partial charge in [-0.2, -0.15) is 10.1 Å². The van der Waals surface area contributed by atoms with E-state index in [2.05, 4.69) is 20.5 Å². The van der Waals surface area contributed by atoms with Crippen LogP contribution in [-0.4, -0.2) is 27.7 Å². The number of rotatable bonds is 5. The molecule has 0 fully saturated rings. The Hall–Kier alpha value is -2.63. The lowest BCUT2D eigenvalue weighted by molar-refractivity contribution is -0.111. The number of carbonyl (C=O) groups is 1. The van der Waals surface area contributed by atoms with E-state index in [-0.39, 0.29) is 5.91 Å². The van der Waals surface area contributed by atoms with Crippen LogP contribution in [0.4, 0.5) is 5.95 Å². The van der Waals surface area contributed by atoms with Gasteiger partial charge in [0, 0.05) is 6.08 Å². The number of hydrogen-bond donors (Lipinski definition) is 2. The van der Waals surface area contributed by atoms with Crippen LogP contribution in [0.1, 0.15) is 12.5 Å². The molecule has 1 aromatic heterocycles. The molecule has 6 nitrogen and oxygen atoms in total. The molecule has 2 rings (SSSR count). The van der Waals surface area contributed by atoms with Gasteiger partial charge in [0.1, 0.15) is 12.1 Å². The second-order valence-corrected chi connectivity index (χ2v) is 3.66. The maximum Gasteiger partial charge on any atom is 0.250 e. The number of nitrogens with zero attached hydrogens (tertiary/aromatic N) is 2. The minimum absolute atomic E-state index is 0.273. The third-order valence-electron chi connectivity index (χ3n) is 2.27. The summed E-state index contributed by atoms with van der Waals surface area (Å²) in [5.41, 5.74) is 0.913. The molecule has 1 aromatic carbocycles. The minimum Gasteiger partial charge on any atom is -0.494 e. The zero-order valence-electron chi connectivity index (χ0n) is 10.5. The molecule has 0 saturated carbocycles. The average molecular weight is 258 g/mol. The van der Waals surface area contributed by atoms with Crippen LogP contribution >= 0.6 is 0 Å². The summed E-state index contributed by atoms with van der Waals surface area (Å²) in [7, 11) is 0. The third kappa shape index (κ3) is 3.95. The number of H-pyrrole nitrogens is 1. The van der Waals surface area contributed by atoms with Crippen molar-refractivity contribution in [3.05, 3.63) is 42.2 Å². The van der Waals surface area contributed by atoms with Crippen LogP contribution in [0, 0.1) is 0 Å². The lowest BCUT2D eigenvalue weighted by Crippen LogP contribution is -2.08. The number of amides is 1. The molecule has 1 amide bonds. The smallest absolute Gasteiger partial charge is 0.250 e. The molecular weight excluding hydrogens is 244 g/mol. The minimum atomic E-state index is -0.273. The van der Waals surface area contributed by atoms with Crippen molar-refractivity contribution in [2.45, 2.75) is 6.92 Å². The Morgan fingerprint density at radius 2 is 2.21 bits per heavy atom. The summed E-state index contributed by atoms with van der Waals surface area (Å²) in [6.07, 6.45) is 4.46. The van der Waals surface area contributed by atoms with Crippen molar-refractivity contribution in [1.29, 1.82) is 0 Å². The van der Waals surface area contributed by atoms with E-state index in [0.29, 0.717) is 12.6 Å². The van der Waals surface area contributed by atoms with Gasteiger partial charge < -0.3 is 4.74 Å². The molecule has 0 spiro atoms. The number of benzene rings is 1. The van der Waals surface area contributed by atoms with Crippen molar-refractivity contribution in [3.63, 3.8) is 0 Å². The molecule has 0 bridgehead atoms. The standard InChI is InChI=1S/C13H14N4O2/c1-2-19-11-6-3-10(4-7-11)5-8-12(18)16-13-14-9-15-17-13/h3-9H,2H2,1H3,(H2,14,15,16,17,18)/b8-5+. The zero-order valence-corrected chi connectivity index (χ0v) is 10.5. The highest BCUT2D eigenvalue weighted by molar-refractivity contribution is 6.00. The predicted octanol–water partition coefficient (Wildman–Crippen LogP) is 1.86. The van der Waals surface area contributed by atoms with Gasteiger partial charge in [0.25, 0.3) is 5.91 Å². The first-order valence-electron chi connectivity index (χ1n) is 5.85. The fourth-order valence-electron chi connectivity index (χ4n) is 1.44. The molecule has 0 aliphatic carbocycles. The number of aromatic amines is 1. The predicted molar refractivity (Wildman–Crippen MR) is 71.7 cm³/mol. The number of carbonyl (C=O) groups excluding carboxylic acids is 1. The van der Waals surface area contributed by atoms with Crippen LogP contribution in [0.15, 0.2) is 36.7 Å². The highest BCUT2D eigenvalue weighted by atomic mass is 16.5. The Morgan fingerprint density at radius 3 is 2.84 bits per heavy atom. The Morgan fingerprint density at radius 1 is 1.42 bits per heavy atom. The fraction of sp³-hybridized carbons (Fsp3) is 0.154. The molecule has 0 atom stereocenters. The summed E-state index contributed by atoms with van der Waals surface area (Å²) in [5.74, 6) is 0.859. The maximum atomic E-state index is 11.5. The molecule has 0 aliphatic rings. The Bertz CT molecular complexity index is 547. The number of nitrogens with one attached hydrogen (secondary N) is 2. The molecule has 6 heteroatoms. The lowest BCUT2D eigenvalue weighted by atomic mass is 10.2. The highest BCUT2D eigenvalue weighted by Gasteiger charge is 1.99. The fourth-order valence-corrected chi connectivity index (χ4v) is 1.44. The number of anilines is 1. The van der Waals surface area contributed by atoms with Crippen LogP contribution in [0.2, 0.25) is 0 Å². The second kappa shape index (κ2) is 6.34. The van der Waals surface area contributed by atoms with Gasteiger partial charge >= 0.3 is 0 Å². The van der Waals surface area contributed by atoms with Crippen LogP contribution < -0.4 is 10.1 Å². The zero-order chi connectivity index (χ0) is 13.5. The van der Waals surface area contributed by atoms with Crippen LogP contribution in [0.3, 0.4) is 0 Å². The lowest BCUT2D eigenvalue weighted by Gasteiger charge is -2.02.